The molecule has 2 aromatic heterocycles. The fourth-order valence-electron chi connectivity index (χ4n) is 2.56. The molecule has 0 atom stereocenters. The number of amides is 2. The molecule has 1 aliphatic heterocycles. The van der Waals surface area contributed by atoms with E-state index in [1.54, 1.807) is 17.0 Å². The van der Waals surface area contributed by atoms with Gasteiger partial charge in [-0.1, -0.05) is 17.4 Å². The van der Waals surface area contributed by atoms with E-state index in [1.807, 2.05) is 33.8 Å². The fraction of sp³-hybridized carbons (Fsp3) is 0.444. The molecule has 0 saturated heterocycles. The summed E-state index contributed by atoms with van der Waals surface area (Å²) < 4.78 is 5.43. The van der Waals surface area contributed by atoms with Crippen LogP contribution in [0.2, 0.25) is 0 Å². The molecule has 0 aliphatic carbocycles. The molecule has 0 bridgehead atoms. The summed E-state index contributed by atoms with van der Waals surface area (Å²) in [6.45, 7) is 8.38. The average Bonchev–Trinajstić information content (AvgIpc) is 2.94. The van der Waals surface area contributed by atoms with Crippen LogP contribution in [-0.4, -0.2) is 39.0 Å². The molecular formula is C18H22N4O3S. The maximum atomic E-state index is 12.3. The Hall–Kier alpha value is -2.48. The second-order valence-electron chi connectivity index (χ2n) is 7.16. The lowest BCUT2D eigenvalue weighted by Crippen LogP contribution is -2.39. The number of nitrogens with one attached hydrogen (secondary N) is 1. The van der Waals surface area contributed by atoms with Gasteiger partial charge in [-0.15, -0.1) is 0 Å². The number of hydrogen-bond donors (Lipinski definition) is 1. The molecule has 3 rings (SSSR count). The quantitative estimate of drug-likeness (QED) is 0.871. The lowest BCUT2D eigenvalue weighted by Gasteiger charge is -2.29. The van der Waals surface area contributed by atoms with E-state index in [0.29, 0.717) is 30.3 Å². The van der Waals surface area contributed by atoms with Crippen LogP contribution in [0, 0.1) is 6.92 Å². The van der Waals surface area contributed by atoms with Gasteiger partial charge in [-0.05, 0) is 39.8 Å². The first-order valence-corrected chi connectivity index (χ1v) is 9.24. The number of ether oxygens (including phenoxy) is 1. The van der Waals surface area contributed by atoms with Crippen LogP contribution in [0.15, 0.2) is 18.2 Å². The first-order valence-electron chi connectivity index (χ1n) is 8.43. The smallest absolute Gasteiger partial charge is 0.410 e. The van der Waals surface area contributed by atoms with Crippen molar-refractivity contribution in [2.75, 3.05) is 11.9 Å². The Morgan fingerprint density at radius 2 is 2.04 bits per heavy atom. The van der Waals surface area contributed by atoms with Gasteiger partial charge >= 0.3 is 6.09 Å². The highest BCUT2D eigenvalue weighted by molar-refractivity contribution is 7.15. The van der Waals surface area contributed by atoms with Crippen molar-refractivity contribution in [1.82, 2.24) is 14.9 Å². The Labute approximate surface area is 156 Å². The predicted molar refractivity (Wildman–Crippen MR) is 99.4 cm³/mol. The van der Waals surface area contributed by atoms with Crippen LogP contribution in [0.1, 0.15) is 47.5 Å². The molecular weight excluding hydrogens is 352 g/mol. The van der Waals surface area contributed by atoms with Crippen LogP contribution in [0.3, 0.4) is 0 Å². The zero-order chi connectivity index (χ0) is 18.9. The average molecular weight is 374 g/mol. The largest absolute Gasteiger partial charge is 0.444 e. The second-order valence-corrected chi connectivity index (χ2v) is 8.24. The van der Waals surface area contributed by atoms with E-state index in [-0.39, 0.29) is 12.0 Å². The molecule has 0 spiro atoms. The number of hydrogen-bond acceptors (Lipinski definition) is 6. The van der Waals surface area contributed by atoms with Gasteiger partial charge in [0.05, 0.1) is 12.2 Å². The number of pyridine rings is 1. The second kappa shape index (κ2) is 7.03. The van der Waals surface area contributed by atoms with Crippen LogP contribution in [0.4, 0.5) is 9.93 Å². The molecule has 2 amide bonds. The molecule has 8 heteroatoms. The van der Waals surface area contributed by atoms with Gasteiger partial charge in [0, 0.05) is 23.5 Å². The summed E-state index contributed by atoms with van der Waals surface area (Å²) in [6.07, 6.45) is 0.315. The van der Waals surface area contributed by atoms with Crippen LogP contribution in [0.25, 0.3) is 0 Å². The van der Waals surface area contributed by atoms with E-state index in [1.165, 1.54) is 11.3 Å². The number of rotatable bonds is 2. The summed E-state index contributed by atoms with van der Waals surface area (Å²) in [5, 5.41) is 3.32. The maximum absolute atomic E-state index is 12.3. The normalized spacial score (nSPS) is 13.9. The Morgan fingerprint density at radius 3 is 2.73 bits per heavy atom. The van der Waals surface area contributed by atoms with Crippen LogP contribution in [-0.2, 0) is 17.7 Å². The maximum Gasteiger partial charge on any atom is 0.410 e. The molecule has 0 fully saturated rings. The summed E-state index contributed by atoms with van der Waals surface area (Å²) in [5.41, 5.74) is 1.53. The van der Waals surface area contributed by atoms with Gasteiger partial charge in [-0.25, -0.2) is 14.8 Å². The third-order valence-corrected chi connectivity index (χ3v) is 4.72. The third-order valence-electron chi connectivity index (χ3n) is 3.72. The summed E-state index contributed by atoms with van der Waals surface area (Å²) in [6, 6.07) is 5.30. The van der Waals surface area contributed by atoms with Crippen LogP contribution >= 0.6 is 11.3 Å². The molecule has 3 heterocycles. The number of carbonyl (C=O) groups excluding carboxylic acids is 2. The Bertz CT molecular complexity index is 841. The van der Waals surface area contributed by atoms with Crippen LogP contribution < -0.4 is 5.32 Å². The first kappa shape index (κ1) is 18.3. The Balaban J connectivity index is 1.68. The number of anilines is 1. The highest BCUT2D eigenvalue weighted by atomic mass is 32.1. The van der Waals surface area contributed by atoms with Crippen molar-refractivity contribution in [3.8, 4) is 0 Å². The van der Waals surface area contributed by atoms with Crippen molar-refractivity contribution in [3.63, 3.8) is 0 Å². The van der Waals surface area contributed by atoms with E-state index in [2.05, 4.69) is 15.3 Å². The minimum absolute atomic E-state index is 0.288. The van der Waals surface area contributed by atoms with Gasteiger partial charge in [0.15, 0.2) is 5.13 Å². The monoisotopic (exact) mass is 374 g/mol. The van der Waals surface area contributed by atoms with Gasteiger partial charge in [0.25, 0.3) is 5.91 Å². The summed E-state index contributed by atoms with van der Waals surface area (Å²) in [4.78, 5) is 35.9. The number of aryl methyl sites for hydroxylation is 1. The minimum Gasteiger partial charge on any atom is -0.444 e. The molecule has 138 valence electrons. The minimum atomic E-state index is -0.523. The molecule has 2 aromatic rings. The number of aromatic nitrogens is 2. The van der Waals surface area contributed by atoms with Crippen molar-refractivity contribution >= 4 is 28.5 Å². The van der Waals surface area contributed by atoms with E-state index in [0.717, 1.165) is 16.3 Å². The molecule has 26 heavy (non-hydrogen) atoms. The molecule has 7 nitrogen and oxygen atoms in total. The topological polar surface area (TPSA) is 84.4 Å². The zero-order valence-corrected chi connectivity index (χ0v) is 16.1. The van der Waals surface area contributed by atoms with Gasteiger partial charge in [0.2, 0.25) is 0 Å². The van der Waals surface area contributed by atoms with Gasteiger partial charge in [-0.2, -0.15) is 0 Å². The summed E-state index contributed by atoms with van der Waals surface area (Å²) in [5.74, 6) is -0.288. The standard InChI is InChI=1S/C18H22N4O3S/c1-11-6-5-7-13(19-11)15(23)21-16-20-12-8-9-22(10-14(12)26-16)17(24)25-18(2,3)4/h5-7H,8-10H2,1-4H3,(H,20,21,23). The molecule has 1 N–H and O–H groups in total. The van der Waals surface area contributed by atoms with Crippen molar-refractivity contribution in [3.05, 3.63) is 40.2 Å². The van der Waals surface area contributed by atoms with E-state index < -0.39 is 5.60 Å². The van der Waals surface area contributed by atoms with Gasteiger partial charge in [0.1, 0.15) is 11.3 Å². The number of carbonyl (C=O) groups is 2. The predicted octanol–water partition coefficient (Wildman–Crippen LogP) is 3.39. The van der Waals surface area contributed by atoms with E-state index >= 15 is 0 Å². The summed E-state index contributed by atoms with van der Waals surface area (Å²) in [7, 11) is 0. The van der Waals surface area contributed by atoms with Crippen molar-refractivity contribution in [2.24, 2.45) is 0 Å². The number of nitrogens with zero attached hydrogens (tertiary/aromatic N) is 3. The Morgan fingerprint density at radius 1 is 1.27 bits per heavy atom. The number of thiazole rings is 1. The zero-order valence-electron chi connectivity index (χ0n) is 15.3. The molecule has 0 unspecified atom stereocenters. The summed E-state index contributed by atoms with van der Waals surface area (Å²) >= 11 is 1.38. The fourth-order valence-corrected chi connectivity index (χ4v) is 3.58. The van der Waals surface area contributed by atoms with Gasteiger partial charge in [-0.3, -0.25) is 10.1 Å². The lowest BCUT2D eigenvalue weighted by atomic mass is 10.2. The van der Waals surface area contributed by atoms with E-state index in [4.69, 9.17) is 4.74 Å². The third kappa shape index (κ3) is 4.37. The van der Waals surface area contributed by atoms with Gasteiger partial charge < -0.3 is 9.64 Å². The van der Waals surface area contributed by atoms with Crippen molar-refractivity contribution < 1.29 is 14.3 Å². The van der Waals surface area contributed by atoms with Crippen molar-refractivity contribution in [1.29, 1.82) is 0 Å². The highest BCUT2D eigenvalue weighted by Gasteiger charge is 2.28. The first-order chi connectivity index (χ1) is 12.2. The van der Waals surface area contributed by atoms with Crippen molar-refractivity contribution in [2.45, 2.75) is 46.3 Å². The Kier molecular flexibility index (Phi) is 4.95. The van der Waals surface area contributed by atoms with Crippen LogP contribution in [0.5, 0.6) is 0 Å². The number of fused-ring (bicyclic) bond motifs is 1. The molecule has 0 saturated carbocycles. The van der Waals surface area contributed by atoms with E-state index in [9.17, 15) is 9.59 Å². The molecule has 0 radical (unpaired) electrons. The lowest BCUT2D eigenvalue weighted by molar-refractivity contribution is 0.0225. The molecule has 0 aromatic carbocycles. The molecule has 1 aliphatic rings. The highest BCUT2D eigenvalue weighted by Crippen LogP contribution is 2.29. The SMILES string of the molecule is Cc1cccc(C(=O)Nc2nc3c(s2)CN(C(=O)OC(C)(C)C)CC3)n1.